The van der Waals surface area contributed by atoms with Gasteiger partial charge in [-0.1, -0.05) is 0 Å². The quantitative estimate of drug-likeness (QED) is 0.656. The summed E-state index contributed by atoms with van der Waals surface area (Å²) in [7, 11) is 0. The number of fused-ring (bicyclic) bond motifs is 1. The second-order valence-electron chi connectivity index (χ2n) is 3.93. The van der Waals surface area contributed by atoms with Gasteiger partial charge in [0.15, 0.2) is 0 Å². The summed E-state index contributed by atoms with van der Waals surface area (Å²) < 4.78 is 6.92. The van der Waals surface area contributed by atoms with E-state index in [1.54, 1.807) is 10.7 Å². The number of rotatable bonds is 1. The Morgan fingerprint density at radius 1 is 1.50 bits per heavy atom. The first-order valence-corrected chi connectivity index (χ1v) is 5.04. The molecule has 1 aromatic heterocycles. The van der Waals surface area contributed by atoms with E-state index in [4.69, 9.17) is 4.74 Å². The van der Waals surface area contributed by atoms with Crippen LogP contribution in [0.3, 0.4) is 0 Å². The molecule has 1 aliphatic carbocycles. The summed E-state index contributed by atoms with van der Waals surface area (Å²) in [5, 5.41) is 4.40. The van der Waals surface area contributed by atoms with Crippen LogP contribution in [0.25, 0.3) is 0 Å². The molecular weight excluding hydrogens is 180 g/mol. The average Bonchev–Trinajstić information content (AvgIpc) is 3.00. The van der Waals surface area contributed by atoms with Gasteiger partial charge in [-0.25, -0.2) is 4.68 Å². The normalized spacial score (nSPS) is 20.6. The summed E-state index contributed by atoms with van der Waals surface area (Å²) in [6, 6.07) is 2.05. The summed E-state index contributed by atoms with van der Waals surface area (Å²) in [6.07, 6.45) is 3.03. The lowest BCUT2D eigenvalue weighted by Gasteiger charge is -2.16. The van der Waals surface area contributed by atoms with Crippen LogP contribution in [-0.2, 0) is 17.8 Å². The maximum Gasteiger partial charge on any atom is 0.267 e. The van der Waals surface area contributed by atoms with Gasteiger partial charge >= 0.3 is 0 Å². The standard InChI is InChI=1S/C10H12N2O2/c13-10-5-7-6-14-4-3-9(7)11-12(10)8-1-2-8/h5,8H,1-4,6H2. The molecule has 0 spiro atoms. The van der Waals surface area contributed by atoms with Crippen molar-refractivity contribution in [3.8, 4) is 0 Å². The van der Waals surface area contributed by atoms with Gasteiger partial charge in [0.1, 0.15) is 0 Å². The summed E-state index contributed by atoms with van der Waals surface area (Å²) in [6.45, 7) is 1.27. The van der Waals surface area contributed by atoms with E-state index >= 15 is 0 Å². The molecule has 0 atom stereocenters. The highest BCUT2D eigenvalue weighted by Gasteiger charge is 2.27. The molecule has 14 heavy (non-hydrogen) atoms. The van der Waals surface area contributed by atoms with Crippen LogP contribution in [0, 0.1) is 0 Å². The SMILES string of the molecule is O=c1cc2c(nn1C1CC1)CCOC2. The van der Waals surface area contributed by atoms with Crippen LogP contribution in [0.15, 0.2) is 10.9 Å². The maximum absolute atomic E-state index is 11.6. The molecule has 0 radical (unpaired) electrons. The second kappa shape index (κ2) is 2.92. The molecular formula is C10H12N2O2. The van der Waals surface area contributed by atoms with E-state index in [2.05, 4.69) is 5.10 Å². The lowest BCUT2D eigenvalue weighted by molar-refractivity contribution is 0.108. The Morgan fingerprint density at radius 3 is 3.14 bits per heavy atom. The summed E-state index contributed by atoms with van der Waals surface area (Å²) >= 11 is 0. The third-order valence-corrected chi connectivity index (χ3v) is 2.76. The molecule has 0 unspecified atom stereocenters. The first-order valence-electron chi connectivity index (χ1n) is 5.04. The zero-order valence-corrected chi connectivity index (χ0v) is 7.90. The van der Waals surface area contributed by atoms with E-state index in [0.717, 1.165) is 37.1 Å². The number of hydrogen-bond acceptors (Lipinski definition) is 3. The average molecular weight is 192 g/mol. The second-order valence-corrected chi connectivity index (χ2v) is 3.93. The van der Waals surface area contributed by atoms with Crippen molar-refractivity contribution in [2.24, 2.45) is 0 Å². The fourth-order valence-electron chi connectivity index (χ4n) is 1.81. The van der Waals surface area contributed by atoms with Gasteiger partial charge in [-0.05, 0) is 12.8 Å². The zero-order chi connectivity index (χ0) is 9.54. The molecule has 4 nitrogen and oxygen atoms in total. The Morgan fingerprint density at radius 2 is 2.36 bits per heavy atom. The van der Waals surface area contributed by atoms with Crippen LogP contribution >= 0.6 is 0 Å². The van der Waals surface area contributed by atoms with Crippen molar-refractivity contribution in [2.45, 2.75) is 31.9 Å². The fraction of sp³-hybridized carbons (Fsp3) is 0.600. The molecule has 4 heteroatoms. The Labute approximate surface area is 81.5 Å². The Kier molecular flexibility index (Phi) is 1.70. The van der Waals surface area contributed by atoms with E-state index in [1.807, 2.05) is 0 Å². The van der Waals surface area contributed by atoms with Crippen LogP contribution in [0.1, 0.15) is 30.1 Å². The lowest BCUT2D eigenvalue weighted by Crippen LogP contribution is -2.26. The van der Waals surface area contributed by atoms with Crippen LogP contribution in [0.5, 0.6) is 0 Å². The molecule has 2 aliphatic rings. The van der Waals surface area contributed by atoms with Crippen molar-refractivity contribution < 1.29 is 4.74 Å². The van der Waals surface area contributed by atoms with E-state index in [0.29, 0.717) is 12.6 Å². The van der Waals surface area contributed by atoms with E-state index in [9.17, 15) is 4.79 Å². The highest BCUT2D eigenvalue weighted by Crippen LogP contribution is 2.32. The van der Waals surface area contributed by atoms with Gasteiger partial charge in [0.25, 0.3) is 5.56 Å². The monoisotopic (exact) mass is 192 g/mol. The van der Waals surface area contributed by atoms with Gasteiger partial charge in [0, 0.05) is 18.1 Å². The van der Waals surface area contributed by atoms with Crippen LogP contribution in [-0.4, -0.2) is 16.4 Å². The van der Waals surface area contributed by atoms with Gasteiger partial charge in [0.05, 0.1) is 24.9 Å². The largest absolute Gasteiger partial charge is 0.376 e. The van der Waals surface area contributed by atoms with Crippen molar-refractivity contribution in [1.29, 1.82) is 0 Å². The smallest absolute Gasteiger partial charge is 0.267 e. The lowest BCUT2D eigenvalue weighted by atomic mass is 10.1. The zero-order valence-electron chi connectivity index (χ0n) is 7.90. The molecule has 2 heterocycles. The van der Waals surface area contributed by atoms with Gasteiger partial charge in [-0.2, -0.15) is 5.10 Å². The highest BCUT2D eigenvalue weighted by molar-refractivity contribution is 5.19. The third kappa shape index (κ3) is 1.26. The molecule has 1 fully saturated rings. The predicted molar refractivity (Wildman–Crippen MR) is 50.1 cm³/mol. The molecule has 0 aromatic carbocycles. The first-order chi connectivity index (χ1) is 6.84. The van der Waals surface area contributed by atoms with Gasteiger partial charge < -0.3 is 4.74 Å². The summed E-state index contributed by atoms with van der Waals surface area (Å²) in [5.41, 5.74) is 2.04. The van der Waals surface area contributed by atoms with Crippen LogP contribution in [0.2, 0.25) is 0 Å². The van der Waals surface area contributed by atoms with Crippen LogP contribution in [0.4, 0.5) is 0 Å². The number of nitrogens with zero attached hydrogens (tertiary/aromatic N) is 2. The Bertz CT molecular complexity index is 421. The minimum absolute atomic E-state index is 0.0248. The first kappa shape index (κ1) is 8.17. The van der Waals surface area contributed by atoms with E-state index < -0.39 is 0 Å². The Hall–Kier alpha value is -1.16. The highest BCUT2D eigenvalue weighted by atomic mass is 16.5. The molecule has 1 aromatic rings. The van der Waals surface area contributed by atoms with Crippen molar-refractivity contribution in [3.63, 3.8) is 0 Å². The van der Waals surface area contributed by atoms with Gasteiger partial charge in [-0.3, -0.25) is 4.79 Å². The van der Waals surface area contributed by atoms with Gasteiger partial charge in [-0.15, -0.1) is 0 Å². The van der Waals surface area contributed by atoms with E-state index in [1.165, 1.54) is 0 Å². The molecule has 0 N–H and O–H groups in total. The molecule has 74 valence electrons. The Balaban J connectivity index is 2.10. The van der Waals surface area contributed by atoms with Crippen molar-refractivity contribution >= 4 is 0 Å². The maximum atomic E-state index is 11.6. The van der Waals surface area contributed by atoms with Crippen molar-refractivity contribution in [3.05, 3.63) is 27.7 Å². The molecule has 1 aliphatic heterocycles. The summed E-state index contributed by atoms with van der Waals surface area (Å²) in [5.74, 6) is 0. The minimum Gasteiger partial charge on any atom is -0.376 e. The molecule has 1 saturated carbocycles. The molecule has 0 bridgehead atoms. The summed E-state index contributed by atoms with van der Waals surface area (Å²) in [4.78, 5) is 11.6. The third-order valence-electron chi connectivity index (χ3n) is 2.76. The number of hydrogen-bond donors (Lipinski definition) is 0. The van der Waals surface area contributed by atoms with E-state index in [-0.39, 0.29) is 5.56 Å². The van der Waals surface area contributed by atoms with Crippen molar-refractivity contribution in [1.82, 2.24) is 9.78 Å². The van der Waals surface area contributed by atoms with Gasteiger partial charge in [0.2, 0.25) is 0 Å². The molecule has 3 rings (SSSR count). The minimum atomic E-state index is 0.0248. The topological polar surface area (TPSA) is 44.1 Å². The number of ether oxygens (including phenoxy) is 1. The molecule has 0 amide bonds. The number of aromatic nitrogens is 2. The molecule has 0 saturated heterocycles. The van der Waals surface area contributed by atoms with Crippen molar-refractivity contribution in [2.75, 3.05) is 6.61 Å². The van der Waals surface area contributed by atoms with Crippen LogP contribution < -0.4 is 5.56 Å². The fourth-order valence-corrected chi connectivity index (χ4v) is 1.81. The predicted octanol–water partition coefficient (Wildman–Crippen LogP) is 0.651.